The number of hydrogen-bond donors (Lipinski definition) is 2. The Morgan fingerprint density at radius 3 is 2.92 bits per heavy atom. The molecule has 2 aliphatic heterocycles. The van der Waals surface area contributed by atoms with Crippen LogP contribution in [0.5, 0.6) is 0 Å². The van der Waals surface area contributed by atoms with Crippen LogP contribution in [0.2, 0.25) is 0 Å². The van der Waals surface area contributed by atoms with Gasteiger partial charge in [-0.2, -0.15) is 0 Å². The van der Waals surface area contributed by atoms with Crippen molar-refractivity contribution in [3.8, 4) is 0 Å². The van der Waals surface area contributed by atoms with Gasteiger partial charge in [0.1, 0.15) is 17.7 Å². The SMILES string of the molecule is CN(C1CC(OCCCC[C@H]2CCc3cccnc3N2)C1)[C@H](C(=O)O)c1cc(F)ccc1[C@@H]1CCCCO1. The van der Waals surface area contributed by atoms with Gasteiger partial charge in [-0.05, 0) is 106 Å². The first kappa shape index (κ1) is 27.0. The largest absolute Gasteiger partial charge is 0.480 e. The lowest BCUT2D eigenvalue weighted by Gasteiger charge is -2.43. The lowest BCUT2D eigenvalue weighted by Crippen LogP contribution is -2.49. The summed E-state index contributed by atoms with van der Waals surface area (Å²) in [5, 5.41) is 13.7. The van der Waals surface area contributed by atoms with E-state index >= 15 is 0 Å². The molecule has 7 nitrogen and oxygen atoms in total. The summed E-state index contributed by atoms with van der Waals surface area (Å²) < 4.78 is 26.3. The molecule has 0 radical (unpaired) electrons. The van der Waals surface area contributed by atoms with E-state index in [0.717, 1.165) is 82.2 Å². The van der Waals surface area contributed by atoms with Crippen LogP contribution in [0.3, 0.4) is 0 Å². The third-order valence-corrected chi connectivity index (χ3v) is 8.45. The van der Waals surface area contributed by atoms with E-state index in [0.29, 0.717) is 18.2 Å². The second kappa shape index (κ2) is 12.5. The minimum Gasteiger partial charge on any atom is -0.480 e. The van der Waals surface area contributed by atoms with Gasteiger partial charge in [-0.15, -0.1) is 0 Å². The Balaban J connectivity index is 1.08. The summed E-state index contributed by atoms with van der Waals surface area (Å²) in [4.78, 5) is 18.7. The molecular formula is C30H40FN3O4. The van der Waals surface area contributed by atoms with Gasteiger partial charge >= 0.3 is 5.97 Å². The molecule has 8 heteroatoms. The van der Waals surface area contributed by atoms with Crippen LogP contribution in [-0.4, -0.2) is 59.4 Å². The topological polar surface area (TPSA) is 83.9 Å². The Morgan fingerprint density at radius 2 is 2.13 bits per heavy atom. The van der Waals surface area contributed by atoms with Crippen molar-refractivity contribution in [3.63, 3.8) is 0 Å². The van der Waals surface area contributed by atoms with Crippen LogP contribution in [0, 0.1) is 5.82 Å². The van der Waals surface area contributed by atoms with Crippen LogP contribution < -0.4 is 5.32 Å². The zero-order chi connectivity index (χ0) is 26.5. The standard InChI is InChI=1S/C30H40FN3O4/c1-34(28(30(35)36)26-17-21(31)11-13-25(26)27-9-3-5-16-38-27)23-18-24(19-23)37-15-4-2-8-22-12-10-20-7-6-14-32-29(20)33-22/h6-7,11,13-14,17,22-24,27-28H,2-5,8-10,12,15-16,18-19H2,1H3,(H,32,33)(H,35,36)/t22-,23?,24?,27-,28-/m0/s1. The fraction of sp³-hybridized carbons (Fsp3) is 0.600. The second-order valence-electron chi connectivity index (χ2n) is 11.0. The molecule has 1 aromatic heterocycles. The normalized spacial score (nSPS) is 25.8. The van der Waals surface area contributed by atoms with E-state index in [1.807, 2.05) is 24.2 Å². The Hall–Kier alpha value is -2.55. The Kier molecular flexibility index (Phi) is 8.92. The second-order valence-corrected chi connectivity index (χ2v) is 11.0. The first-order valence-electron chi connectivity index (χ1n) is 14.2. The molecule has 3 heterocycles. The number of nitrogens with one attached hydrogen (secondary N) is 1. The van der Waals surface area contributed by atoms with E-state index in [1.165, 1.54) is 17.7 Å². The molecule has 1 aliphatic carbocycles. The summed E-state index contributed by atoms with van der Waals surface area (Å²) in [7, 11) is 1.83. The Bertz CT molecular complexity index is 1090. The molecule has 2 aromatic rings. The minimum absolute atomic E-state index is 0.0866. The van der Waals surface area contributed by atoms with Crippen LogP contribution in [0.1, 0.15) is 86.6 Å². The average Bonchev–Trinajstić information content (AvgIpc) is 2.90. The lowest BCUT2D eigenvalue weighted by molar-refractivity contribution is -0.146. The van der Waals surface area contributed by atoms with Gasteiger partial charge in [0.2, 0.25) is 0 Å². The van der Waals surface area contributed by atoms with Crippen molar-refractivity contribution in [2.24, 2.45) is 0 Å². The van der Waals surface area contributed by atoms with E-state index in [2.05, 4.69) is 16.4 Å². The first-order valence-corrected chi connectivity index (χ1v) is 14.2. The van der Waals surface area contributed by atoms with Crippen molar-refractivity contribution in [1.82, 2.24) is 9.88 Å². The number of halogens is 1. The van der Waals surface area contributed by atoms with Crippen LogP contribution in [0.25, 0.3) is 0 Å². The van der Waals surface area contributed by atoms with Crippen LogP contribution in [0.4, 0.5) is 10.2 Å². The van der Waals surface area contributed by atoms with Gasteiger partial charge in [-0.3, -0.25) is 9.69 Å². The number of aliphatic carboxylic acids is 1. The highest BCUT2D eigenvalue weighted by Gasteiger charge is 2.40. The van der Waals surface area contributed by atoms with E-state index in [1.54, 1.807) is 6.07 Å². The van der Waals surface area contributed by atoms with Crippen molar-refractivity contribution in [1.29, 1.82) is 0 Å². The number of aromatic nitrogens is 1. The molecule has 5 rings (SSSR count). The quantitative estimate of drug-likeness (QED) is 0.366. The van der Waals surface area contributed by atoms with Gasteiger partial charge in [0.25, 0.3) is 0 Å². The van der Waals surface area contributed by atoms with Crippen molar-refractivity contribution < 1.29 is 23.8 Å². The van der Waals surface area contributed by atoms with Crippen molar-refractivity contribution in [2.75, 3.05) is 25.6 Å². The molecule has 1 saturated carbocycles. The van der Waals surface area contributed by atoms with Crippen LogP contribution >= 0.6 is 0 Å². The molecular weight excluding hydrogens is 485 g/mol. The third-order valence-electron chi connectivity index (χ3n) is 8.45. The molecule has 1 aromatic carbocycles. The number of fused-ring (bicyclic) bond motifs is 1. The zero-order valence-electron chi connectivity index (χ0n) is 22.3. The zero-order valence-corrected chi connectivity index (χ0v) is 22.3. The number of ether oxygens (including phenoxy) is 2. The molecule has 3 aliphatic rings. The highest BCUT2D eigenvalue weighted by Crippen LogP contribution is 2.38. The monoisotopic (exact) mass is 525 g/mol. The average molecular weight is 526 g/mol. The van der Waals surface area contributed by atoms with Crippen molar-refractivity contribution in [2.45, 2.75) is 94.5 Å². The molecule has 0 unspecified atom stereocenters. The van der Waals surface area contributed by atoms with Crippen molar-refractivity contribution >= 4 is 11.8 Å². The number of carbonyl (C=O) groups is 1. The molecule has 0 bridgehead atoms. The third kappa shape index (κ3) is 6.35. The van der Waals surface area contributed by atoms with Gasteiger partial charge in [-0.1, -0.05) is 12.1 Å². The number of carboxylic acids is 1. The number of pyridine rings is 1. The van der Waals surface area contributed by atoms with E-state index in [9.17, 15) is 14.3 Å². The van der Waals surface area contributed by atoms with E-state index < -0.39 is 17.8 Å². The van der Waals surface area contributed by atoms with Gasteiger partial charge in [0, 0.05) is 31.5 Å². The van der Waals surface area contributed by atoms with Crippen LogP contribution in [-0.2, 0) is 20.7 Å². The molecule has 206 valence electrons. The predicted octanol–water partition coefficient (Wildman–Crippen LogP) is 5.66. The van der Waals surface area contributed by atoms with E-state index in [-0.39, 0.29) is 18.2 Å². The Morgan fingerprint density at radius 1 is 1.26 bits per heavy atom. The smallest absolute Gasteiger partial charge is 0.325 e. The predicted molar refractivity (Wildman–Crippen MR) is 144 cm³/mol. The number of unbranched alkanes of at least 4 members (excludes halogenated alkanes) is 1. The number of carboxylic acid groups (broad SMARTS) is 1. The number of rotatable bonds is 11. The number of likely N-dealkylation sites (N-methyl/N-ethyl adjacent to an activating group) is 1. The summed E-state index contributed by atoms with van der Waals surface area (Å²) in [6.07, 6.45) is 11.7. The van der Waals surface area contributed by atoms with Crippen LogP contribution in [0.15, 0.2) is 36.5 Å². The Labute approximate surface area is 224 Å². The van der Waals surface area contributed by atoms with Gasteiger partial charge in [0.05, 0.1) is 12.2 Å². The number of hydrogen-bond acceptors (Lipinski definition) is 6. The van der Waals surface area contributed by atoms with Gasteiger partial charge in [-0.25, -0.2) is 9.37 Å². The highest BCUT2D eigenvalue weighted by molar-refractivity contribution is 5.76. The lowest BCUT2D eigenvalue weighted by atomic mass is 9.85. The molecule has 2 N–H and O–H groups in total. The molecule has 1 saturated heterocycles. The fourth-order valence-electron chi connectivity index (χ4n) is 6.13. The van der Waals surface area contributed by atoms with E-state index in [4.69, 9.17) is 9.47 Å². The number of anilines is 1. The summed E-state index contributed by atoms with van der Waals surface area (Å²) in [5.41, 5.74) is 2.60. The van der Waals surface area contributed by atoms with Gasteiger partial charge in [0.15, 0.2) is 0 Å². The van der Waals surface area contributed by atoms with Gasteiger partial charge < -0.3 is 19.9 Å². The summed E-state index contributed by atoms with van der Waals surface area (Å²) >= 11 is 0. The summed E-state index contributed by atoms with van der Waals surface area (Å²) in [5.74, 6) is -0.354. The molecule has 2 fully saturated rings. The maximum Gasteiger partial charge on any atom is 0.325 e. The number of nitrogens with zero attached hydrogens (tertiary/aromatic N) is 2. The summed E-state index contributed by atoms with van der Waals surface area (Å²) in [6, 6.07) is 8.27. The fourth-order valence-corrected chi connectivity index (χ4v) is 6.13. The van der Waals surface area contributed by atoms with Crippen molar-refractivity contribution in [3.05, 3.63) is 59.0 Å². The first-order chi connectivity index (χ1) is 18.5. The summed E-state index contributed by atoms with van der Waals surface area (Å²) in [6.45, 7) is 1.37. The molecule has 38 heavy (non-hydrogen) atoms. The highest BCUT2D eigenvalue weighted by atomic mass is 19.1. The minimum atomic E-state index is -0.964. The molecule has 0 amide bonds. The maximum absolute atomic E-state index is 14.3. The maximum atomic E-state index is 14.3. The number of aryl methyl sites for hydroxylation is 1. The molecule has 0 spiro atoms. The molecule has 3 atom stereocenters. The number of benzene rings is 1.